The fraction of sp³-hybridized carbons (Fsp3) is 0.400. The number of piperidine rings is 1. The van der Waals surface area contributed by atoms with Crippen molar-refractivity contribution in [2.75, 3.05) is 26.3 Å². The van der Waals surface area contributed by atoms with E-state index in [2.05, 4.69) is 4.98 Å². The van der Waals surface area contributed by atoms with Crippen LogP contribution in [0.25, 0.3) is 11.0 Å². The van der Waals surface area contributed by atoms with Gasteiger partial charge >= 0.3 is 5.69 Å². The van der Waals surface area contributed by atoms with Crippen molar-refractivity contribution in [2.45, 2.75) is 38.1 Å². The van der Waals surface area contributed by atoms with Gasteiger partial charge in [0.25, 0.3) is 0 Å². The maximum absolute atomic E-state index is 12.7. The van der Waals surface area contributed by atoms with Gasteiger partial charge in [0, 0.05) is 44.0 Å². The van der Waals surface area contributed by atoms with Crippen molar-refractivity contribution in [3.8, 4) is 11.5 Å². The summed E-state index contributed by atoms with van der Waals surface area (Å²) in [7, 11) is 0. The van der Waals surface area contributed by atoms with Crippen molar-refractivity contribution in [1.82, 2.24) is 14.5 Å². The molecule has 172 valence electrons. The summed E-state index contributed by atoms with van der Waals surface area (Å²) < 4.78 is 13.1. The van der Waals surface area contributed by atoms with Gasteiger partial charge in [0.15, 0.2) is 17.3 Å². The van der Waals surface area contributed by atoms with Gasteiger partial charge in [-0.2, -0.15) is 0 Å². The first-order valence-electron chi connectivity index (χ1n) is 11.5. The van der Waals surface area contributed by atoms with Crippen molar-refractivity contribution in [3.63, 3.8) is 0 Å². The molecule has 0 saturated carbocycles. The van der Waals surface area contributed by atoms with E-state index in [9.17, 15) is 14.4 Å². The molecule has 1 N–H and O–H groups in total. The first-order valence-corrected chi connectivity index (χ1v) is 11.5. The maximum Gasteiger partial charge on any atom is 0.326 e. The topological polar surface area (TPSA) is 93.6 Å². The number of rotatable bonds is 5. The van der Waals surface area contributed by atoms with E-state index in [4.69, 9.17) is 9.47 Å². The van der Waals surface area contributed by atoms with Gasteiger partial charge in [0.1, 0.15) is 0 Å². The van der Waals surface area contributed by atoms with Crippen LogP contribution in [0.15, 0.2) is 47.3 Å². The normalized spacial score (nSPS) is 16.5. The van der Waals surface area contributed by atoms with Crippen molar-refractivity contribution in [2.24, 2.45) is 0 Å². The number of carbonyl (C=O) groups is 2. The number of aromatic nitrogens is 2. The molecule has 33 heavy (non-hydrogen) atoms. The van der Waals surface area contributed by atoms with Crippen LogP contribution >= 0.6 is 0 Å². The number of ketones is 1. The standard InChI is InChI=1S/C25H27N3O5/c29-21(17-6-8-22-23(16-17)33-15-3-14-32-22)7-9-24(30)27-12-10-18(11-13-27)28-20-5-2-1-4-19(20)26-25(28)31/h1-2,4-6,8,16,18H,3,7,9-15H2,(H,26,31). The molecule has 1 amide bonds. The second kappa shape index (κ2) is 9.13. The summed E-state index contributed by atoms with van der Waals surface area (Å²) in [4.78, 5) is 42.6. The zero-order valence-electron chi connectivity index (χ0n) is 18.4. The number of imidazole rings is 1. The lowest BCUT2D eigenvalue weighted by Gasteiger charge is -2.32. The average Bonchev–Trinajstić information content (AvgIpc) is 3.01. The van der Waals surface area contributed by atoms with E-state index >= 15 is 0 Å². The Morgan fingerprint density at radius 1 is 0.970 bits per heavy atom. The van der Waals surface area contributed by atoms with Crippen LogP contribution in [0.1, 0.15) is 48.5 Å². The van der Waals surface area contributed by atoms with Crippen molar-refractivity contribution in [3.05, 3.63) is 58.5 Å². The van der Waals surface area contributed by atoms with E-state index in [0.717, 1.165) is 17.5 Å². The number of hydrogen-bond acceptors (Lipinski definition) is 5. The molecule has 0 atom stereocenters. The molecular weight excluding hydrogens is 422 g/mol. The number of hydrogen-bond donors (Lipinski definition) is 1. The summed E-state index contributed by atoms with van der Waals surface area (Å²) in [6, 6.07) is 12.9. The van der Waals surface area contributed by atoms with E-state index in [1.165, 1.54) is 0 Å². The molecule has 1 aromatic heterocycles. The van der Waals surface area contributed by atoms with Gasteiger partial charge in [-0.1, -0.05) is 12.1 Å². The third kappa shape index (κ3) is 4.37. The summed E-state index contributed by atoms with van der Waals surface area (Å²) in [5.74, 6) is 1.12. The molecule has 0 aliphatic carbocycles. The Morgan fingerprint density at radius 2 is 1.73 bits per heavy atom. The molecule has 1 saturated heterocycles. The molecule has 0 bridgehead atoms. The molecule has 8 nitrogen and oxygen atoms in total. The average molecular weight is 450 g/mol. The summed E-state index contributed by atoms with van der Waals surface area (Å²) in [6.45, 7) is 2.31. The Bertz CT molecular complexity index is 1240. The highest BCUT2D eigenvalue weighted by molar-refractivity contribution is 5.98. The minimum Gasteiger partial charge on any atom is -0.490 e. The van der Waals surface area contributed by atoms with Gasteiger partial charge in [0.2, 0.25) is 5.91 Å². The summed E-state index contributed by atoms with van der Waals surface area (Å²) in [6.07, 6.45) is 2.55. The van der Waals surface area contributed by atoms with Crippen LogP contribution in [0.3, 0.4) is 0 Å². The number of amides is 1. The predicted molar refractivity (Wildman–Crippen MR) is 123 cm³/mol. The van der Waals surface area contributed by atoms with Crippen LogP contribution in [0, 0.1) is 0 Å². The highest BCUT2D eigenvalue weighted by Crippen LogP contribution is 2.31. The lowest BCUT2D eigenvalue weighted by Crippen LogP contribution is -2.40. The Labute approximate surface area is 191 Å². The van der Waals surface area contributed by atoms with E-state index in [0.29, 0.717) is 56.2 Å². The van der Waals surface area contributed by atoms with Crippen LogP contribution < -0.4 is 15.2 Å². The number of H-pyrrole nitrogens is 1. The third-order valence-electron chi connectivity index (χ3n) is 6.44. The van der Waals surface area contributed by atoms with Crippen LogP contribution in [0.5, 0.6) is 11.5 Å². The summed E-state index contributed by atoms with van der Waals surface area (Å²) in [5, 5.41) is 0. The molecular formula is C25H27N3O5. The Hall–Kier alpha value is -3.55. The molecule has 2 aromatic carbocycles. The van der Waals surface area contributed by atoms with Gasteiger partial charge in [-0.05, 0) is 43.2 Å². The number of nitrogens with zero attached hydrogens (tertiary/aromatic N) is 2. The highest BCUT2D eigenvalue weighted by Gasteiger charge is 2.26. The Balaban J connectivity index is 1.16. The third-order valence-corrected chi connectivity index (χ3v) is 6.44. The fourth-order valence-electron chi connectivity index (χ4n) is 4.67. The zero-order chi connectivity index (χ0) is 22.8. The minimum absolute atomic E-state index is 0.0255. The van der Waals surface area contributed by atoms with E-state index < -0.39 is 0 Å². The molecule has 0 spiro atoms. The molecule has 2 aliphatic rings. The predicted octanol–water partition coefficient (Wildman–Crippen LogP) is 3.32. The highest BCUT2D eigenvalue weighted by atomic mass is 16.5. The molecule has 3 heterocycles. The second-order valence-electron chi connectivity index (χ2n) is 8.56. The van der Waals surface area contributed by atoms with E-state index in [1.54, 1.807) is 23.1 Å². The number of likely N-dealkylation sites (tertiary alicyclic amines) is 1. The largest absolute Gasteiger partial charge is 0.490 e. The zero-order valence-corrected chi connectivity index (χ0v) is 18.4. The quantitative estimate of drug-likeness (QED) is 0.603. The fourth-order valence-corrected chi connectivity index (χ4v) is 4.67. The molecule has 2 aliphatic heterocycles. The van der Waals surface area contributed by atoms with Crippen LogP contribution in [0.2, 0.25) is 0 Å². The number of ether oxygens (including phenoxy) is 2. The number of para-hydroxylation sites is 2. The summed E-state index contributed by atoms with van der Waals surface area (Å²) >= 11 is 0. The molecule has 5 rings (SSSR count). The molecule has 0 unspecified atom stereocenters. The SMILES string of the molecule is O=C(CCC(=O)N1CCC(n2c(=O)[nH]c3ccccc32)CC1)c1ccc2c(c1)OCCCO2. The monoisotopic (exact) mass is 449 g/mol. The molecule has 1 fully saturated rings. The first kappa shape index (κ1) is 21.3. The van der Waals surface area contributed by atoms with Crippen molar-refractivity contribution >= 4 is 22.7 Å². The molecule has 3 aromatic rings. The Morgan fingerprint density at radius 3 is 2.55 bits per heavy atom. The van der Waals surface area contributed by atoms with Gasteiger partial charge in [0.05, 0.1) is 24.2 Å². The number of benzene rings is 2. The van der Waals surface area contributed by atoms with Crippen LogP contribution in [-0.2, 0) is 4.79 Å². The van der Waals surface area contributed by atoms with Crippen LogP contribution in [-0.4, -0.2) is 52.4 Å². The van der Waals surface area contributed by atoms with E-state index in [1.807, 2.05) is 28.8 Å². The number of carbonyl (C=O) groups excluding carboxylic acids is 2. The summed E-state index contributed by atoms with van der Waals surface area (Å²) in [5.41, 5.74) is 2.15. The van der Waals surface area contributed by atoms with Gasteiger partial charge in [-0.15, -0.1) is 0 Å². The number of nitrogens with one attached hydrogen (secondary N) is 1. The van der Waals surface area contributed by atoms with Crippen LogP contribution in [0.4, 0.5) is 0 Å². The van der Waals surface area contributed by atoms with Gasteiger partial charge in [-0.25, -0.2) is 4.79 Å². The van der Waals surface area contributed by atoms with E-state index in [-0.39, 0.29) is 36.3 Å². The smallest absolute Gasteiger partial charge is 0.326 e. The lowest BCUT2D eigenvalue weighted by atomic mass is 10.0. The molecule has 8 heteroatoms. The number of fused-ring (bicyclic) bond motifs is 2. The maximum atomic E-state index is 12.7. The molecule has 0 radical (unpaired) electrons. The first-order chi connectivity index (χ1) is 16.1. The number of Topliss-reactive ketones (excluding diaryl/α,β-unsaturated/α-hetero) is 1. The van der Waals surface area contributed by atoms with Crippen molar-refractivity contribution in [1.29, 1.82) is 0 Å². The minimum atomic E-state index is -0.110. The lowest BCUT2D eigenvalue weighted by molar-refractivity contribution is -0.132. The number of aromatic amines is 1. The van der Waals surface area contributed by atoms with Crippen molar-refractivity contribution < 1.29 is 19.1 Å². The van der Waals surface area contributed by atoms with Gasteiger partial charge < -0.3 is 19.4 Å². The van der Waals surface area contributed by atoms with Gasteiger partial charge in [-0.3, -0.25) is 14.2 Å². The Kier molecular flexibility index (Phi) is 5.90. The second-order valence-corrected chi connectivity index (χ2v) is 8.56.